The number of hydrogen-bond acceptors (Lipinski definition) is 5. The molecule has 0 amide bonds. The number of aromatic nitrogens is 2. The predicted molar refractivity (Wildman–Crippen MR) is 91.3 cm³/mol. The first-order valence-electron chi connectivity index (χ1n) is 8.77. The SMILES string of the molecule is CCC(NCc1cnc(C2CC2)nc1)c1ccc2c(c1)OCCO2. The van der Waals surface area contributed by atoms with Gasteiger partial charge in [-0.25, -0.2) is 9.97 Å². The Balaban J connectivity index is 1.41. The van der Waals surface area contributed by atoms with Gasteiger partial charge in [0.05, 0.1) is 0 Å². The summed E-state index contributed by atoms with van der Waals surface area (Å²) in [5.74, 6) is 3.28. The Morgan fingerprint density at radius 3 is 2.58 bits per heavy atom. The van der Waals surface area contributed by atoms with Gasteiger partial charge in [-0.05, 0) is 37.0 Å². The summed E-state index contributed by atoms with van der Waals surface area (Å²) in [7, 11) is 0. The summed E-state index contributed by atoms with van der Waals surface area (Å²) in [5.41, 5.74) is 2.34. The van der Waals surface area contributed by atoms with Crippen LogP contribution in [0.2, 0.25) is 0 Å². The van der Waals surface area contributed by atoms with E-state index in [0.29, 0.717) is 19.1 Å². The maximum Gasteiger partial charge on any atom is 0.161 e. The number of rotatable bonds is 6. The summed E-state index contributed by atoms with van der Waals surface area (Å²) in [4.78, 5) is 8.97. The Morgan fingerprint density at radius 1 is 1.12 bits per heavy atom. The number of benzene rings is 1. The fourth-order valence-corrected chi connectivity index (χ4v) is 3.02. The van der Waals surface area contributed by atoms with Gasteiger partial charge in [0.25, 0.3) is 0 Å². The van der Waals surface area contributed by atoms with Crippen LogP contribution in [0.15, 0.2) is 30.6 Å². The molecule has 5 heteroatoms. The Kier molecular flexibility index (Phi) is 4.34. The van der Waals surface area contributed by atoms with Crippen molar-refractivity contribution in [3.8, 4) is 11.5 Å². The van der Waals surface area contributed by atoms with E-state index in [0.717, 1.165) is 35.9 Å². The van der Waals surface area contributed by atoms with Crippen LogP contribution in [0.3, 0.4) is 0 Å². The molecule has 1 aromatic heterocycles. The highest BCUT2D eigenvalue weighted by molar-refractivity contribution is 5.44. The fraction of sp³-hybridized carbons (Fsp3) is 0.474. The molecular formula is C19H23N3O2. The van der Waals surface area contributed by atoms with E-state index in [2.05, 4.69) is 34.3 Å². The number of fused-ring (bicyclic) bond motifs is 1. The van der Waals surface area contributed by atoms with Crippen molar-refractivity contribution in [2.24, 2.45) is 0 Å². The smallest absolute Gasteiger partial charge is 0.161 e. The first-order valence-corrected chi connectivity index (χ1v) is 8.77. The number of hydrogen-bond donors (Lipinski definition) is 1. The van der Waals surface area contributed by atoms with Crippen LogP contribution in [0.4, 0.5) is 0 Å². The van der Waals surface area contributed by atoms with Gasteiger partial charge in [-0.1, -0.05) is 13.0 Å². The molecule has 0 spiro atoms. The van der Waals surface area contributed by atoms with Crippen LogP contribution < -0.4 is 14.8 Å². The lowest BCUT2D eigenvalue weighted by Gasteiger charge is -2.22. The van der Waals surface area contributed by atoms with Gasteiger partial charge in [0.1, 0.15) is 19.0 Å². The monoisotopic (exact) mass is 325 g/mol. The number of ether oxygens (including phenoxy) is 2. The van der Waals surface area contributed by atoms with Crippen LogP contribution in [0.25, 0.3) is 0 Å². The summed E-state index contributed by atoms with van der Waals surface area (Å²) >= 11 is 0. The molecule has 0 radical (unpaired) electrons. The second-order valence-electron chi connectivity index (χ2n) is 6.47. The molecule has 24 heavy (non-hydrogen) atoms. The van der Waals surface area contributed by atoms with Crippen molar-refractivity contribution in [1.82, 2.24) is 15.3 Å². The van der Waals surface area contributed by atoms with E-state index in [1.807, 2.05) is 18.5 Å². The third-order valence-corrected chi connectivity index (χ3v) is 4.60. The topological polar surface area (TPSA) is 56.3 Å². The van der Waals surface area contributed by atoms with E-state index in [1.165, 1.54) is 18.4 Å². The molecule has 4 rings (SSSR count). The fourth-order valence-electron chi connectivity index (χ4n) is 3.02. The molecule has 1 aromatic carbocycles. The van der Waals surface area contributed by atoms with Crippen molar-refractivity contribution >= 4 is 0 Å². The van der Waals surface area contributed by atoms with E-state index in [4.69, 9.17) is 9.47 Å². The van der Waals surface area contributed by atoms with Gasteiger partial charge in [0, 0.05) is 36.5 Å². The third kappa shape index (κ3) is 3.36. The van der Waals surface area contributed by atoms with Crippen molar-refractivity contribution in [2.75, 3.05) is 13.2 Å². The van der Waals surface area contributed by atoms with Gasteiger partial charge in [-0.2, -0.15) is 0 Å². The molecule has 5 nitrogen and oxygen atoms in total. The molecule has 0 bridgehead atoms. The van der Waals surface area contributed by atoms with Crippen molar-refractivity contribution in [2.45, 2.75) is 44.7 Å². The molecule has 1 N–H and O–H groups in total. The highest BCUT2D eigenvalue weighted by atomic mass is 16.6. The quantitative estimate of drug-likeness (QED) is 0.882. The zero-order chi connectivity index (χ0) is 16.4. The van der Waals surface area contributed by atoms with E-state index in [1.54, 1.807) is 0 Å². The summed E-state index contributed by atoms with van der Waals surface area (Å²) in [6.07, 6.45) is 7.37. The van der Waals surface area contributed by atoms with Crippen molar-refractivity contribution < 1.29 is 9.47 Å². The lowest BCUT2D eigenvalue weighted by molar-refractivity contribution is 0.171. The standard InChI is InChI=1S/C19H23N3O2/c1-2-16(15-5-6-17-18(9-15)24-8-7-23-17)20-10-13-11-21-19(22-12-13)14-3-4-14/h5-6,9,11-12,14,16,20H,2-4,7-8,10H2,1H3. The highest BCUT2D eigenvalue weighted by Gasteiger charge is 2.26. The van der Waals surface area contributed by atoms with Crippen molar-refractivity contribution in [3.05, 3.63) is 47.5 Å². The van der Waals surface area contributed by atoms with Gasteiger partial charge < -0.3 is 14.8 Å². The summed E-state index contributed by atoms with van der Waals surface area (Å²) in [6, 6.07) is 6.47. The maximum atomic E-state index is 5.69. The van der Waals surface area contributed by atoms with Crippen LogP contribution in [0.5, 0.6) is 11.5 Å². The molecular weight excluding hydrogens is 302 g/mol. The molecule has 1 saturated carbocycles. The molecule has 1 aliphatic heterocycles. The minimum atomic E-state index is 0.268. The van der Waals surface area contributed by atoms with Gasteiger partial charge in [0.2, 0.25) is 0 Å². The maximum absolute atomic E-state index is 5.69. The number of nitrogens with one attached hydrogen (secondary N) is 1. The predicted octanol–water partition coefficient (Wildman–Crippen LogP) is 3.37. The molecule has 0 saturated heterocycles. The van der Waals surface area contributed by atoms with Crippen LogP contribution in [0, 0.1) is 0 Å². The zero-order valence-electron chi connectivity index (χ0n) is 14.0. The molecule has 2 aromatic rings. The molecule has 2 heterocycles. The Morgan fingerprint density at radius 2 is 1.88 bits per heavy atom. The van der Waals surface area contributed by atoms with E-state index in [9.17, 15) is 0 Å². The van der Waals surface area contributed by atoms with Crippen LogP contribution in [-0.2, 0) is 6.54 Å². The minimum Gasteiger partial charge on any atom is -0.486 e. The van der Waals surface area contributed by atoms with Gasteiger partial charge >= 0.3 is 0 Å². The van der Waals surface area contributed by atoms with Gasteiger partial charge in [-0.3, -0.25) is 0 Å². The minimum absolute atomic E-state index is 0.268. The Bertz CT molecular complexity index is 698. The largest absolute Gasteiger partial charge is 0.486 e. The van der Waals surface area contributed by atoms with E-state index >= 15 is 0 Å². The second kappa shape index (κ2) is 6.77. The summed E-state index contributed by atoms with van der Waals surface area (Å²) in [6.45, 7) is 4.18. The highest BCUT2D eigenvalue weighted by Crippen LogP contribution is 2.37. The Labute approximate surface area is 142 Å². The second-order valence-corrected chi connectivity index (χ2v) is 6.47. The average molecular weight is 325 g/mol. The summed E-state index contributed by atoms with van der Waals surface area (Å²) < 4.78 is 11.3. The van der Waals surface area contributed by atoms with Crippen LogP contribution in [0.1, 0.15) is 55.1 Å². The third-order valence-electron chi connectivity index (χ3n) is 4.60. The normalized spacial score (nSPS) is 17.5. The average Bonchev–Trinajstić information content (AvgIpc) is 3.48. The first-order chi connectivity index (χ1) is 11.8. The van der Waals surface area contributed by atoms with Crippen LogP contribution >= 0.6 is 0 Å². The van der Waals surface area contributed by atoms with E-state index in [-0.39, 0.29) is 6.04 Å². The number of nitrogens with zero attached hydrogens (tertiary/aromatic N) is 2. The Hall–Kier alpha value is -2.14. The van der Waals surface area contributed by atoms with Gasteiger partial charge in [0.15, 0.2) is 11.5 Å². The zero-order valence-corrected chi connectivity index (χ0v) is 14.0. The van der Waals surface area contributed by atoms with Gasteiger partial charge in [-0.15, -0.1) is 0 Å². The summed E-state index contributed by atoms with van der Waals surface area (Å²) in [5, 5.41) is 3.60. The van der Waals surface area contributed by atoms with Crippen LogP contribution in [-0.4, -0.2) is 23.2 Å². The van der Waals surface area contributed by atoms with Crippen molar-refractivity contribution in [1.29, 1.82) is 0 Å². The molecule has 1 aliphatic carbocycles. The first kappa shape index (κ1) is 15.4. The molecule has 2 aliphatic rings. The van der Waals surface area contributed by atoms with Crippen molar-refractivity contribution in [3.63, 3.8) is 0 Å². The molecule has 1 unspecified atom stereocenters. The molecule has 1 atom stereocenters. The lowest BCUT2D eigenvalue weighted by atomic mass is 10.0. The lowest BCUT2D eigenvalue weighted by Crippen LogP contribution is -2.21. The van der Waals surface area contributed by atoms with E-state index < -0.39 is 0 Å². The molecule has 126 valence electrons. The molecule has 1 fully saturated rings.